The summed E-state index contributed by atoms with van der Waals surface area (Å²) >= 11 is 0. The minimum atomic E-state index is -0.908. The van der Waals surface area contributed by atoms with E-state index in [4.69, 9.17) is 5.11 Å². The summed E-state index contributed by atoms with van der Waals surface area (Å²) in [6, 6.07) is 0. The molecule has 1 aliphatic rings. The third-order valence-electron chi connectivity index (χ3n) is 2.56. The number of hydrogen-bond donors (Lipinski definition) is 2. The van der Waals surface area contributed by atoms with Crippen LogP contribution < -0.4 is 0 Å². The topological polar surface area (TPSA) is 60.8 Å². The fourth-order valence-electron chi connectivity index (χ4n) is 1.52. The molecule has 1 aliphatic heterocycles. The van der Waals surface area contributed by atoms with E-state index in [1.807, 2.05) is 6.92 Å². The molecule has 80 valence electrons. The zero-order valence-corrected chi connectivity index (χ0v) is 8.44. The van der Waals surface area contributed by atoms with Gasteiger partial charge in [0, 0.05) is 25.7 Å². The largest absolute Gasteiger partial charge is 0.478 e. The Kier molecular flexibility index (Phi) is 3.66. The van der Waals surface area contributed by atoms with Gasteiger partial charge in [0.15, 0.2) is 0 Å². The maximum absolute atomic E-state index is 10.2. The Morgan fingerprint density at radius 2 is 2.07 bits per heavy atom. The van der Waals surface area contributed by atoms with Gasteiger partial charge in [-0.15, -0.1) is 0 Å². The first kappa shape index (κ1) is 11.2. The number of likely N-dealkylation sites (tertiary alicyclic amines) is 1. The summed E-state index contributed by atoms with van der Waals surface area (Å²) in [5.41, 5.74) is -0.535. The summed E-state index contributed by atoms with van der Waals surface area (Å²) < 4.78 is 0. The second-order valence-electron chi connectivity index (χ2n) is 4.04. The third-order valence-corrected chi connectivity index (χ3v) is 2.56. The van der Waals surface area contributed by atoms with Gasteiger partial charge in [0.2, 0.25) is 0 Å². The van der Waals surface area contributed by atoms with Crippen molar-refractivity contribution in [3.8, 4) is 0 Å². The number of rotatable bonds is 3. The van der Waals surface area contributed by atoms with Crippen LogP contribution in [0.5, 0.6) is 0 Å². The minimum Gasteiger partial charge on any atom is -0.478 e. The molecular weight excluding hydrogens is 182 g/mol. The van der Waals surface area contributed by atoms with Crippen molar-refractivity contribution in [1.29, 1.82) is 0 Å². The molecule has 0 aromatic carbocycles. The molecule has 4 heteroatoms. The highest BCUT2D eigenvalue weighted by Gasteiger charge is 2.26. The Morgan fingerprint density at radius 3 is 2.57 bits per heavy atom. The molecule has 0 aliphatic carbocycles. The van der Waals surface area contributed by atoms with Crippen LogP contribution in [-0.4, -0.2) is 46.3 Å². The molecule has 0 radical (unpaired) electrons. The van der Waals surface area contributed by atoms with Crippen molar-refractivity contribution < 1.29 is 15.0 Å². The van der Waals surface area contributed by atoms with Crippen LogP contribution in [0.1, 0.15) is 19.8 Å². The normalized spacial score (nSPS) is 22.7. The van der Waals surface area contributed by atoms with Gasteiger partial charge in [-0.25, -0.2) is 4.79 Å². The van der Waals surface area contributed by atoms with Gasteiger partial charge in [-0.2, -0.15) is 0 Å². The van der Waals surface area contributed by atoms with E-state index in [0.29, 0.717) is 6.54 Å². The number of piperidine rings is 1. The number of carboxylic acid groups (broad SMARTS) is 1. The van der Waals surface area contributed by atoms with Crippen molar-refractivity contribution in [2.45, 2.75) is 25.4 Å². The van der Waals surface area contributed by atoms with E-state index in [9.17, 15) is 9.90 Å². The highest BCUT2D eigenvalue weighted by atomic mass is 16.4. The number of hydrogen-bond acceptors (Lipinski definition) is 3. The third kappa shape index (κ3) is 3.89. The van der Waals surface area contributed by atoms with E-state index in [-0.39, 0.29) is 0 Å². The van der Waals surface area contributed by atoms with E-state index in [0.717, 1.165) is 32.0 Å². The van der Waals surface area contributed by atoms with Crippen LogP contribution >= 0.6 is 0 Å². The van der Waals surface area contributed by atoms with Gasteiger partial charge in [0.25, 0.3) is 0 Å². The first-order valence-electron chi connectivity index (χ1n) is 4.84. The van der Waals surface area contributed by atoms with Crippen LogP contribution in [0.2, 0.25) is 0 Å². The Balaban J connectivity index is 2.26. The summed E-state index contributed by atoms with van der Waals surface area (Å²) in [5, 5.41) is 18.0. The lowest BCUT2D eigenvalue weighted by molar-refractivity contribution is -0.131. The van der Waals surface area contributed by atoms with E-state index in [1.54, 1.807) is 6.08 Å². The van der Waals surface area contributed by atoms with Crippen molar-refractivity contribution in [2.75, 3.05) is 19.6 Å². The minimum absolute atomic E-state index is 0.535. The zero-order chi connectivity index (χ0) is 10.6. The fraction of sp³-hybridized carbons (Fsp3) is 0.700. The maximum atomic E-state index is 10.2. The van der Waals surface area contributed by atoms with Gasteiger partial charge in [-0.3, -0.25) is 4.90 Å². The molecule has 14 heavy (non-hydrogen) atoms. The molecule has 0 atom stereocenters. The number of aliphatic hydroxyl groups is 1. The van der Waals surface area contributed by atoms with E-state index in [2.05, 4.69) is 4.90 Å². The fourth-order valence-corrected chi connectivity index (χ4v) is 1.52. The smallest absolute Gasteiger partial charge is 0.328 e. The van der Waals surface area contributed by atoms with Crippen LogP contribution in [-0.2, 0) is 4.79 Å². The summed E-state index contributed by atoms with van der Waals surface area (Å²) in [7, 11) is 0. The summed E-state index contributed by atoms with van der Waals surface area (Å²) in [6.45, 7) is 4.16. The first-order valence-corrected chi connectivity index (χ1v) is 4.84. The van der Waals surface area contributed by atoms with Crippen molar-refractivity contribution in [3.05, 3.63) is 12.2 Å². The van der Waals surface area contributed by atoms with E-state index < -0.39 is 11.6 Å². The van der Waals surface area contributed by atoms with Crippen molar-refractivity contribution in [3.63, 3.8) is 0 Å². The molecule has 0 unspecified atom stereocenters. The number of carbonyl (C=O) groups is 1. The predicted molar refractivity (Wildman–Crippen MR) is 53.1 cm³/mol. The van der Waals surface area contributed by atoms with Crippen LogP contribution in [0.4, 0.5) is 0 Å². The average molecular weight is 199 g/mol. The van der Waals surface area contributed by atoms with Crippen LogP contribution in [0.15, 0.2) is 12.2 Å². The molecule has 1 saturated heterocycles. The Hall–Kier alpha value is -0.870. The number of nitrogens with zero attached hydrogens (tertiary/aromatic N) is 1. The highest BCUT2D eigenvalue weighted by molar-refractivity contribution is 5.79. The average Bonchev–Trinajstić information content (AvgIpc) is 2.07. The van der Waals surface area contributed by atoms with Crippen molar-refractivity contribution in [2.24, 2.45) is 0 Å². The lowest BCUT2D eigenvalue weighted by Gasteiger charge is -2.35. The molecule has 1 heterocycles. The molecule has 0 spiro atoms. The van der Waals surface area contributed by atoms with Crippen molar-refractivity contribution in [1.82, 2.24) is 4.90 Å². The molecule has 0 bridgehead atoms. The summed E-state index contributed by atoms with van der Waals surface area (Å²) in [6.07, 6.45) is 4.32. The monoisotopic (exact) mass is 199 g/mol. The van der Waals surface area contributed by atoms with Gasteiger partial charge in [-0.1, -0.05) is 6.08 Å². The Morgan fingerprint density at radius 1 is 1.50 bits per heavy atom. The first-order chi connectivity index (χ1) is 6.49. The molecule has 2 N–H and O–H groups in total. The molecule has 0 saturated carbocycles. The molecule has 0 aromatic rings. The van der Waals surface area contributed by atoms with Crippen molar-refractivity contribution >= 4 is 5.97 Å². The maximum Gasteiger partial charge on any atom is 0.328 e. The molecule has 0 amide bonds. The van der Waals surface area contributed by atoms with Crippen LogP contribution in [0.25, 0.3) is 0 Å². The summed E-state index contributed by atoms with van der Waals surface area (Å²) in [5.74, 6) is -0.908. The lowest BCUT2D eigenvalue weighted by Crippen LogP contribution is -2.42. The van der Waals surface area contributed by atoms with Gasteiger partial charge in [0.1, 0.15) is 0 Å². The Bertz CT molecular complexity index is 226. The van der Waals surface area contributed by atoms with Crippen LogP contribution in [0.3, 0.4) is 0 Å². The predicted octanol–water partition coefficient (Wildman–Crippen LogP) is 0.474. The molecule has 4 nitrogen and oxygen atoms in total. The van der Waals surface area contributed by atoms with E-state index >= 15 is 0 Å². The molecule has 1 fully saturated rings. The summed E-state index contributed by atoms with van der Waals surface area (Å²) in [4.78, 5) is 12.3. The number of carboxylic acids is 1. The number of aliphatic carboxylic acids is 1. The quantitative estimate of drug-likeness (QED) is 0.649. The van der Waals surface area contributed by atoms with Gasteiger partial charge < -0.3 is 10.2 Å². The molecule has 0 aromatic heterocycles. The molecule has 1 rings (SSSR count). The standard InChI is InChI=1S/C10H17NO3/c1-10(14)4-7-11(8-5-10)6-2-3-9(12)13/h2-3,14H,4-8H2,1H3,(H,12,13)/b3-2+. The Labute approximate surface area is 83.8 Å². The van der Waals surface area contributed by atoms with Gasteiger partial charge in [-0.05, 0) is 19.8 Å². The SMILES string of the molecule is CC1(O)CCN(C/C=C/C(=O)O)CC1. The second-order valence-corrected chi connectivity index (χ2v) is 4.04. The zero-order valence-electron chi connectivity index (χ0n) is 8.44. The van der Waals surface area contributed by atoms with E-state index in [1.165, 1.54) is 0 Å². The second kappa shape index (κ2) is 4.57. The molecular formula is C10H17NO3. The van der Waals surface area contributed by atoms with Crippen LogP contribution in [0, 0.1) is 0 Å². The van der Waals surface area contributed by atoms with Gasteiger partial charge >= 0.3 is 5.97 Å². The van der Waals surface area contributed by atoms with Gasteiger partial charge in [0.05, 0.1) is 5.60 Å². The lowest BCUT2D eigenvalue weighted by atomic mass is 9.94. The highest BCUT2D eigenvalue weighted by Crippen LogP contribution is 2.20.